The Hall–Kier alpha value is -3.32. The number of nitrogens with zero attached hydrogens (tertiary/aromatic N) is 3. The fraction of sp³-hybridized carbons (Fsp3) is 0. The molecule has 1 aromatic heterocycles. The molecule has 0 aliphatic carbocycles. The zero-order chi connectivity index (χ0) is 20.2. The number of benzene rings is 3. The lowest BCUT2D eigenvalue weighted by atomic mass is 10.0. The smallest absolute Gasteiger partial charge is 0.1000 e. The second-order valence-electron chi connectivity index (χ2n) is 6.40. The van der Waals surface area contributed by atoms with E-state index >= 15 is 0 Å². The summed E-state index contributed by atoms with van der Waals surface area (Å²) >= 11 is 12.0. The molecule has 0 aliphatic heterocycles. The van der Waals surface area contributed by atoms with E-state index in [1.807, 2.05) is 83.7 Å². The molecule has 0 unspecified atom stereocenters. The number of hydrogen-bond donors (Lipinski definition) is 0. The minimum Gasteiger partial charge on any atom is -0.240 e. The third kappa shape index (κ3) is 4.25. The molecule has 3 nitrogen and oxygen atoms in total. The molecule has 0 atom stereocenters. The van der Waals surface area contributed by atoms with Gasteiger partial charge in [0.15, 0.2) is 0 Å². The predicted octanol–water partition coefficient (Wildman–Crippen LogP) is 6.91. The van der Waals surface area contributed by atoms with Crippen molar-refractivity contribution in [2.45, 2.75) is 0 Å². The quantitative estimate of drug-likeness (QED) is 0.339. The summed E-state index contributed by atoms with van der Waals surface area (Å²) in [6.45, 7) is 0. The van der Waals surface area contributed by atoms with Crippen LogP contribution in [0, 0.1) is 11.3 Å². The highest BCUT2D eigenvalue weighted by molar-refractivity contribution is 6.30. The highest BCUT2D eigenvalue weighted by atomic mass is 35.5. The molecule has 3 aromatic carbocycles. The molecule has 0 saturated heterocycles. The normalized spacial score (nSPS) is 11.3. The van der Waals surface area contributed by atoms with Crippen LogP contribution in [0.3, 0.4) is 0 Å². The van der Waals surface area contributed by atoms with Crippen LogP contribution in [-0.4, -0.2) is 9.78 Å². The summed E-state index contributed by atoms with van der Waals surface area (Å²) in [5, 5.41) is 15.8. The Bertz CT molecular complexity index is 1200. The number of aromatic nitrogens is 2. The van der Waals surface area contributed by atoms with Gasteiger partial charge >= 0.3 is 0 Å². The van der Waals surface area contributed by atoms with Crippen molar-refractivity contribution in [3.8, 4) is 23.0 Å². The van der Waals surface area contributed by atoms with E-state index in [4.69, 9.17) is 28.3 Å². The van der Waals surface area contributed by atoms with Crippen LogP contribution in [0.1, 0.15) is 11.1 Å². The van der Waals surface area contributed by atoms with Crippen molar-refractivity contribution in [3.63, 3.8) is 0 Å². The summed E-state index contributed by atoms with van der Waals surface area (Å²) in [5.74, 6) is 0. The fourth-order valence-electron chi connectivity index (χ4n) is 3.00. The monoisotopic (exact) mass is 415 g/mol. The van der Waals surface area contributed by atoms with E-state index in [0.29, 0.717) is 15.6 Å². The number of nitriles is 1. The lowest BCUT2D eigenvalue weighted by molar-refractivity contribution is 0.884. The summed E-state index contributed by atoms with van der Waals surface area (Å²) in [6.07, 6.45) is 3.77. The first kappa shape index (κ1) is 19.0. The maximum atomic E-state index is 9.74. The van der Waals surface area contributed by atoms with Crippen LogP contribution < -0.4 is 0 Å². The first-order chi connectivity index (χ1) is 14.1. The van der Waals surface area contributed by atoms with Crippen molar-refractivity contribution < 1.29 is 0 Å². The van der Waals surface area contributed by atoms with Crippen LogP contribution in [0.4, 0.5) is 0 Å². The van der Waals surface area contributed by atoms with Gasteiger partial charge in [-0.15, -0.1) is 0 Å². The molecular formula is C24H15Cl2N3. The Balaban J connectivity index is 1.86. The van der Waals surface area contributed by atoms with E-state index < -0.39 is 0 Å². The van der Waals surface area contributed by atoms with E-state index in [-0.39, 0.29) is 0 Å². The molecule has 0 N–H and O–H groups in total. The lowest BCUT2D eigenvalue weighted by Crippen LogP contribution is -1.93. The molecule has 1 heterocycles. The van der Waals surface area contributed by atoms with Gasteiger partial charge in [-0.1, -0.05) is 65.7 Å². The van der Waals surface area contributed by atoms with Gasteiger partial charge in [0.05, 0.1) is 23.0 Å². The van der Waals surface area contributed by atoms with Crippen LogP contribution in [0.2, 0.25) is 10.0 Å². The van der Waals surface area contributed by atoms with Gasteiger partial charge in [-0.05, 0) is 48.0 Å². The highest BCUT2D eigenvalue weighted by Crippen LogP contribution is 2.29. The van der Waals surface area contributed by atoms with Gasteiger partial charge in [0.25, 0.3) is 0 Å². The number of rotatable bonds is 4. The van der Waals surface area contributed by atoms with Crippen molar-refractivity contribution in [3.05, 3.63) is 106 Å². The second kappa shape index (κ2) is 8.36. The summed E-state index contributed by atoms with van der Waals surface area (Å²) < 4.78 is 1.81. The molecule has 0 saturated carbocycles. The van der Waals surface area contributed by atoms with Crippen LogP contribution >= 0.6 is 23.2 Å². The number of para-hydroxylation sites is 1. The largest absolute Gasteiger partial charge is 0.240 e. The first-order valence-electron chi connectivity index (χ1n) is 8.93. The van der Waals surface area contributed by atoms with E-state index in [1.54, 1.807) is 12.1 Å². The molecule has 4 aromatic rings. The average Bonchev–Trinajstić information content (AvgIpc) is 3.18. The summed E-state index contributed by atoms with van der Waals surface area (Å²) in [7, 11) is 0. The van der Waals surface area contributed by atoms with E-state index in [0.717, 1.165) is 28.1 Å². The van der Waals surface area contributed by atoms with Crippen molar-refractivity contribution in [2.75, 3.05) is 0 Å². The molecule has 0 aliphatic rings. The maximum absolute atomic E-state index is 9.74. The lowest BCUT2D eigenvalue weighted by Gasteiger charge is -2.02. The van der Waals surface area contributed by atoms with Crippen molar-refractivity contribution in [1.82, 2.24) is 9.78 Å². The minimum absolute atomic E-state index is 0.532. The minimum atomic E-state index is 0.532. The van der Waals surface area contributed by atoms with Crippen LogP contribution in [0.15, 0.2) is 85.1 Å². The molecule has 0 fully saturated rings. The molecule has 0 radical (unpaired) electrons. The van der Waals surface area contributed by atoms with Gasteiger partial charge in [0.1, 0.15) is 0 Å². The number of allylic oxidation sites excluding steroid dienone is 1. The summed E-state index contributed by atoms with van der Waals surface area (Å²) in [4.78, 5) is 0. The standard InChI is InChI=1S/C24H15Cl2N3/c25-21-10-6-17(7-11-21)19(15-27)14-20-16-29(23-4-2-1-3-5-23)28-24(20)18-8-12-22(26)13-9-18/h1-14,16H. The Morgan fingerprint density at radius 2 is 1.48 bits per heavy atom. The zero-order valence-corrected chi connectivity index (χ0v) is 16.8. The van der Waals surface area contributed by atoms with Crippen LogP contribution in [-0.2, 0) is 0 Å². The molecule has 4 rings (SSSR count). The van der Waals surface area contributed by atoms with E-state index in [1.165, 1.54) is 0 Å². The first-order valence-corrected chi connectivity index (χ1v) is 9.68. The molecule has 0 spiro atoms. The van der Waals surface area contributed by atoms with Gasteiger partial charge in [-0.2, -0.15) is 10.4 Å². The van der Waals surface area contributed by atoms with Gasteiger partial charge in [0.2, 0.25) is 0 Å². The fourth-order valence-corrected chi connectivity index (χ4v) is 3.26. The SMILES string of the molecule is N#CC(=Cc1cn(-c2ccccc2)nc1-c1ccc(Cl)cc1)c1ccc(Cl)cc1. The molecule has 5 heteroatoms. The summed E-state index contributed by atoms with van der Waals surface area (Å²) in [6, 6.07) is 26.9. The van der Waals surface area contributed by atoms with Gasteiger partial charge in [-0.25, -0.2) is 4.68 Å². The number of halogens is 2. The summed E-state index contributed by atoms with van der Waals surface area (Å²) in [5.41, 5.74) is 4.79. The van der Waals surface area contributed by atoms with Gasteiger partial charge in [0, 0.05) is 27.4 Å². The molecule has 140 valence electrons. The maximum Gasteiger partial charge on any atom is 0.1000 e. The Labute approximate surface area is 179 Å². The van der Waals surface area contributed by atoms with Crippen molar-refractivity contribution >= 4 is 34.9 Å². The topological polar surface area (TPSA) is 41.6 Å². The molecule has 0 bridgehead atoms. The van der Waals surface area contributed by atoms with E-state index in [9.17, 15) is 5.26 Å². The third-order valence-electron chi connectivity index (χ3n) is 4.46. The molecule has 29 heavy (non-hydrogen) atoms. The van der Waals surface area contributed by atoms with Gasteiger partial charge < -0.3 is 0 Å². The second-order valence-corrected chi connectivity index (χ2v) is 7.27. The molecular weight excluding hydrogens is 401 g/mol. The Morgan fingerprint density at radius 1 is 0.862 bits per heavy atom. The van der Waals surface area contributed by atoms with Crippen LogP contribution in [0.5, 0.6) is 0 Å². The van der Waals surface area contributed by atoms with E-state index in [2.05, 4.69) is 6.07 Å². The van der Waals surface area contributed by atoms with Crippen molar-refractivity contribution in [2.24, 2.45) is 0 Å². The number of hydrogen-bond acceptors (Lipinski definition) is 2. The Morgan fingerprint density at radius 3 is 2.10 bits per heavy atom. The average molecular weight is 416 g/mol. The van der Waals surface area contributed by atoms with Crippen molar-refractivity contribution in [1.29, 1.82) is 5.26 Å². The van der Waals surface area contributed by atoms with Gasteiger partial charge in [-0.3, -0.25) is 0 Å². The zero-order valence-electron chi connectivity index (χ0n) is 15.3. The highest BCUT2D eigenvalue weighted by Gasteiger charge is 2.13. The Kier molecular flexibility index (Phi) is 5.48. The molecule has 0 amide bonds. The third-order valence-corrected chi connectivity index (χ3v) is 4.96. The van der Waals surface area contributed by atoms with Crippen LogP contribution in [0.25, 0.3) is 28.6 Å². The predicted molar refractivity (Wildman–Crippen MR) is 119 cm³/mol.